The Morgan fingerprint density at radius 2 is 1.75 bits per heavy atom. The molecule has 3 aromatic rings. The first-order valence-corrected chi connectivity index (χ1v) is 6.54. The molecule has 0 amide bonds. The number of aryl methyl sites for hydroxylation is 1. The number of nitrogen functional groups attached to an aromatic ring is 1. The maximum Gasteiger partial charge on any atom is 0.148 e. The average Bonchev–Trinajstić information content (AvgIpc) is 2.45. The summed E-state index contributed by atoms with van der Waals surface area (Å²) in [6.45, 7) is 2.64. The summed E-state index contributed by atoms with van der Waals surface area (Å²) in [7, 11) is 0. The standard InChI is InChI=1S/C16H16N4/c1-11-16(18-10-12-5-4-6-13(17)9-12)20-15-8-3-2-7-14(15)19-11/h2-9H,10,17H2,1H3,(H,18,20). The molecule has 4 heteroatoms. The Balaban J connectivity index is 1.85. The molecule has 0 bridgehead atoms. The van der Waals surface area contributed by atoms with Crippen molar-refractivity contribution in [2.24, 2.45) is 0 Å². The molecule has 2 aromatic carbocycles. The summed E-state index contributed by atoms with van der Waals surface area (Å²) in [4.78, 5) is 9.16. The fourth-order valence-corrected chi connectivity index (χ4v) is 2.14. The van der Waals surface area contributed by atoms with Crippen LogP contribution in [0, 0.1) is 6.92 Å². The van der Waals surface area contributed by atoms with Crippen LogP contribution >= 0.6 is 0 Å². The van der Waals surface area contributed by atoms with Gasteiger partial charge in [-0.05, 0) is 36.8 Å². The zero-order valence-corrected chi connectivity index (χ0v) is 11.3. The smallest absolute Gasteiger partial charge is 0.148 e. The monoisotopic (exact) mass is 264 g/mol. The molecule has 0 radical (unpaired) electrons. The Labute approximate surface area is 117 Å². The summed E-state index contributed by atoms with van der Waals surface area (Å²) >= 11 is 0. The molecule has 0 aliphatic carbocycles. The van der Waals surface area contributed by atoms with E-state index in [1.54, 1.807) is 0 Å². The Kier molecular flexibility index (Phi) is 3.21. The van der Waals surface area contributed by atoms with Crippen molar-refractivity contribution in [2.75, 3.05) is 11.1 Å². The molecule has 0 unspecified atom stereocenters. The van der Waals surface area contributed by atoms with E-state index >= 15 is 0 Å². The third-order valence-electron chi connectivity index (χ3n) is 3.16. The molecule has 100 valence electrons. The number of hydrogen-bond acceptors (Lipinski definition) is 4. The predicted molar refractivity (Wildman–Crippen MR) is 82.5 cm³/mol. The number of fused-ring (bicyclic) bond motifs is 1. The molecule has 0 aliphatic rings. The molecular formula is C16H16N4. The van der Waals surface area contributed by atoms with Crippen LogP contribution < -0.4 is 11.1 Å². The van der Waals surface area contributed by atoms with Crippen LogP contribution in [-0.4, -0.2) is 9.97 Å². The van der Waals surface area contributed by atoms with Crippen molar-refractivity contribution < 1.29 is 0 Å². The lowest BCUT2D eigenvalue weighted by molar-refractivity contribution is 1.08. The van der Waals surface area contributed by atoms with Crippen molar-refractivity contribution in [2.45, 2.75) is 13.5 Å². The van der Waals surface area contributed by atoms with Gasteiger partial charge in [-0.1, -0.05) is 24.3 Å². The predicted octanol–water partition coefficient (Wildman–Crippen LogP) is 3.13. The van der Waals surface area contributed by atoms with Crippen molar-refractivity contribution in [3.8, 4) is 0 Å². The fraction of sp³-hybridized carbons (Fsp3) is 0.125. The highest BCUT2D eigenvalue weighted by Crippen LogP contribution is 2.17. The van der Waals surface area contributed by atoms with Gasteiger partial charge in [0, 0.05) is 12.2 Å². The van der Waals surface area contributed by atoms with Crippen molar-refractivity contribution in [3.05, 3.63) is 59.8 Å². The minimum atomic E-state index is 0.679. The summed E-state index contributed by atoms with van der Waals surface area (Å²) in [5.41, 5.74) is 10.4. The first kappa shape index (κ1) is 12.4. The average molecular weight is 264 g/mol. The van der Waals surface area contributed by atoms with Crippen LogP contribution in [0.15, 0.2) is 48.5 Å². The quantitative estimate of drug-likeness (QED) is 0.713. The van der Waals surface area contributed by atoms with E-state index in [1.807, 2.05) is 55.5 Å². The first-order valence-electron chi connectivity index (χ1n) is 6.54. The molecule has 3 N–H and O–H groups in total. The van der Waals surface area contributed by atoms with Gasteiger partial charge in [-0.15, -0.1) is 0 Å². The minimum absolute atomic E-state index is 0.679. The zero-order valence-electron chi connectivity index (χ0n) is 11.3. The second kappa shape index (κ2) is 5.17. The van der Waals surface area contributed by atoms with Gasteiger partial charge >= 0.3 is 0 Å². The van der Waals surface area contributed by atoms with E-state index in [9.17, 15) is 0 Å². The Bertz CT molecular complexity index is 752. The van der Waals surface area contributed by atoms with Crippen LogP contribution in [0.4, 0.5) is 11.5 Å². The Hall–Kier alpha value is -2.62. The van der Waals surface area contributed by atoms with Gasteiger partial charge in [0.1, 0.15) is 5.82 Å². The Morgan fingerprint density at radius 3 is 2.50 bits per heavy atom. The van der Waals surface area contributed by atoms with Gasteiger partial charge in [-0.3, -0.25) is 0 Å². The maximum absolute atomic E-state index is 5.78. The molecular weight excluding hydrogens is 248 g/mol. The second-order valence-electron chi connectivity index (χ2n) is 4.74. The number of rotatable bonds is 3. The molecule has 0 atom stereocenters. The third kappa shape index (κ3) is 2.54. The van der Waals surface area contributed by atoms with Crippen LogP contribution in [0.25, 0.3) is 11.0 Å². The molecule has 20 heavy (non-hydrogen) atoms. The van der Waals surface area contributed by atoms with Crippen molar-refractivity contribution in [1.82, 2.24) is 9.97 Å². The SMILES string of the molecule is Cc1nc2ccccc2nc1NCc1cccc(N)c1. The Morgan fingerprint density at radius 1 is 1.00 bits per heavy atom. The van der Waals surface area contributed by atoms with Gasteiger partial charge < -0.3 is 11.1 Å². The lowest BCUT2D eigenvalue weighted by Gasteiger charge is -2.09. The molecule has 0 aliphatic heterocycles. The normalized spacial score (nSPS) is 10.7. The number of anilines is 2. The molecule has 0 spiro atoms. The molecule has 0 fully saturated rings. The molecule has 1 aromatic heterocycles. The lowest BCUT2D eigenvalue weighted by Crippen LogP contribution is -2.05. The second-order valence-corrected chi connectivity index (χ2v) is 4.74. The summed E-state index contributed by atoms with van der Waals surface area (Å²) in [5.74, 6) is 0.811. The van der Waals surface area contributed by atoms with Gasteiger partial charge in [0.05, 0.1) is 16.7 Å². The van der Waals surface area contributed by atoms with Gasteiger partial charge in [0.25, 0.3) is 0 Å². The molecule has 0 saturated carbocycles. The van der Waals surface area contributed by atoms with Crippen LogP contribution in [0.5, 0.6) is 0 Å². The van der Waals surface area contributed by atoms with Gasteiger partial charge in [0.15, 0.2) is 0 Å². The van der Waals surface area contributed by atoms with E-state index in [1.165, 1.54) is 0 Å². The van der Waals surface area contributed by atoms with Crippen molar-refractivity contribution in [3.63, 3.8) is 0 Å². The summed E-state index contributed by atoms with van der Waals surface area (Å²) < 4.78 is 0. The molecule has 4 nitrogen and oxygen atoms in total. The van der Waals surface area contributed by atoms with Gasteiger partial charge in [-0.25, -0.2) is 9.97 Å². The van der Waals surface area contributed by atoms with E-state index < -0.39 is 0 Å². The molecule has 0 saturated heterocycles. The summed E-state index contributed by atoms with van der Waals surface area (Å²) in [5, 5.41) is 3.32. The number of nitrogens with zero attached hydrogens (tertiary/aromatic N) is 2. The fourth-order valence-electron chi connectivity index (χ4n) is 2.14. The molecule has 3 rings (SSSR count). The number of para-hydroxylation sites is 2. The van der Waals surface area contributed by atoms with E-state index in [4.69, 9.17) is 5.73 Å². The van der Waals surface area contributed by atoms with Crippen LogP contribution in [0.2, 0.25) is 0 Å². The van der Waals surface area contributed by atoms with Crippen molar-refractivity contribution in [1.29, 1.82) is 0 Å². The van der Waals surface area contributed by atoms with Gasteiger partial charge in [-0.2, -0.15) is 0 Å². The summed E-state index contributed by atoms with van der Waals surface area (Å²) in [6, 6.07) is 15.7. The van der Waals surface area contributed by atoms with Crippen LogP contribution in [0.1, 0.15) is 11.3 Å². The number of aromatic nitrogens is 2. The number of benzene rings is 2. The number of nitrogens with two attached hydrogens (primary N) is 1. The topological polar surface area (TPSA) is 63.8 Å². The van der Waals surface area contributed by atoms with Gasteiger partial charge in [0.2, 0.25) is 0 Å². The highest BCUT2D eigenvalue weighted by Gasteiger charge is 2.04. The van der Waals surface area contributed by atoms with E-state index in [2.05, 4.69) is 15.3 Å². The number of nitrogens with one attached hydrogen (secondary N) is 1. The minimum Gasteiger partial charge on any atom is -0.399 e. The zero-order chi connectivity index (χ0) is 13.9. The third-order valence-corrected chi connectivity index (χ3v) is 3.16. The lowest BCUT2D eigenvalue weighted by atomic mass is 10.2. The molecule has 1 heterocycles. The highest BCUT2D eigenvalue weighted by atomic mass is 15.0. The number of hydrogen-bond donors (Lipinski definition) is 2. The first-order chi connectivity index (χ1) is 9.72. The largest absolute Gasteiger partial charge is 0.399 e. The van der Waals surface area contributed by atoms with Crippen LogP contribution in [0.3, 0.4) is 0 Å². The maximum atomic E-state index is 5.78. The van der Waals surface area contributed by atoms with E-state index in [0.717, 1.165) is 33.8 Å². The van der Waals surface area contributed by atoms with E-state index in [-0.39, 0.29) is 0 Å². The summed E-state index contributed by atoms with van der Waals surface area (Å²) in [6.07, 6.45) is 0. The van der Waals surface area contributed by atoms with Crippen LogP contribution in [-0.2, 0) is 6.54 Å². The van der Waals surface area contributed by atoms with E-state index in [0.29, 0.717) is 6.54 Å². The highest BCUT2D eigenvalue weighted by molar-refractivity contribution is 5.76. The van der Waals surface area contributed by atoms with Crippen molar-refractivity contribution >= 4 is 22.5 Å².